The van der Waals surface area contributed by atoms with Crippen LogP contribution in [0.15, 0.2) is 5.38 Å². The monoisotopic (exact) mass is 336 g/mol. The lowest BCUT2D eigenvalue weighted by Crippen LogP contribution is -1.96. The molecule has 1 rings (SSSR count). The van der Waals surface area contributed by atoms with Gasteiger partial charge >= 0.3 is 0 Å². The quantitative estimate of drug-likeness (QED) is 0.284. The van der Waals surface area contributed by atoms with Crippen molar-refractivity contribution in [3.05, 3.63) is 21.4 Å². The SMILES string of the molecule is CCCCCCc1csc(CCCCCC)c1CCCCCC. The van der Waals surface area contributed by atoms with Crippen LogP contribution in [0.3, 0.4) is 0 Å². The molecular formula is C22H40S. The van der Waals surface area contributed by atoms with Crippen LogP contribution < -0.4 is 0 Å². The Morgan fingerprint density at radius 3 is 1.70 bits per heavy atom. The van der Waals surface area contributed by atoms with Gasteiger partial charge in [-0.25, -0.2) is 0 Å². The third kappa shape index (κ3) is 8.94. The highest BCUT2D eigenvalue weighted by Crippen LogP contribution is 2.28. The predicted octanol–water partition coefficient (Wildman–Crippen LogP) is 8.12. The Kier molecular flexibility index (Phi) is 12.7. The van der Waals surface area contributed by atoms with Gasteiger partial charge in [-0.05, 0) is 55.0 Å². The van der Waals surface area contributed by atoms with E-state index < -0.39 is 0 Å². The molecule has 1 aromatic rings. The molecule has 0 nitrogen and oxygen atoms in total. The fourth-order valence-corrected chi connectivity index (χ4v) is 4.55. The fourth-order valence-electron chi connectivity index (χ4n) is 3.37. The van der Waals surface area contributed by atoms with Crippen LogP contribution in [0.25, 0.3) is 0 Å². The van der Waals surface area contributed by atoms with Crippen molar-refractivity contribution in [3.8, 4) is 0 Å². The van der Waals surface area contributed by atoms with Gasteiger partial charge in [-0.3, -0.25) is 0 Å². The second-order valence-electron chi connectivity index (χ2n) is 7.09. The van der Waals surface area contributed by atoms with Gasteiger partial charge < -0.3 is 0 Å². The van der Waals surface area contributed by atoms with E-state index in [9.17, 15) is 0 Å². The van der Waals surface area contributed by atoms with E-state index in [4.69, 9.17) is 0 Å². The van der Waals surface area contributed by atoms with Gasteiger partial charge in [0.05, 0.1) is 0 Å². The van der Waals surface area contributed by atoms with Crippen LogP contribution in [0, 0.1) is 0 Å². The van der Waals surface area contributed by atoms with Crippen molar-refractivity contribution < 1.29 is 0 Å². The molecule has 0 amide bonds. The molecule has 23 heavy (non-hydrogen) atoms. The van der Waals surface area contributed by atoms with Crippen molar-refractivity contribution in [2.75, 3.05) is 0 Å². The Balaban J connectivity index is 2.53. The van der Waals surface area contributed by atoms with Crippen molar-refractivity contribution in [1.29, 1.82) is 0 Å². The van der Waals surface area contributed by atoms with Crippen molar-refractivity contribution >= 4 is 11.3 Å². The summed E-state index contributed by atoms with van der Waals surface area (Å²) in [5, 5.41) is 2.50. The Labute approximate surface area is 150 Å². The molecule has 0 saturated heterocycles. The summed E-state index contributed by atoms with van der Waals surface area (Å²) < 4.78 is 0. The highest BCUT2D eigenvalue weighted by molar-refractivity contribution is 7.10. The molecule has 1 aromatic heterocycles. The summed E-state index contributed by atoms with van der Waals surface area (Å²) in [6.07, 6.45) is 20.7. The van der Waals surface area contributed by atoms with E-state index in [1.54, 1.807) is 16.0 Å². The van der Waals surface area contributed by atoms with Crippen LogP contribution in [0.2, 0.25) is 0 Å². The van der Waals surface area contributed by atoms with Gasteiger partial charge in [0.25, 0.3) is 0 Å². The van der Waals surface area contributed by atoms with E-state index in [1.807, 2.05) is 0 Å². The summed E-state index contributed by atoms with van der Waals surface area (Å²) >= 11 is 2.06. The Bertz CT molecular complexity index is 348. The van der Waals surface area contributed by atoms with Crippen LogP contribution in [0.4, 0.5) is 0 Å². The highest BCUT2D eigenvalue weighted by Gasteiger charge is 2.11. The van der Waals surface area contributed by atoms with Gasteiger partial charge in [-0.2, -0.15) is 0 Å². The maximum atomic E-state index is 2.50. The molecule has 0 atom stereocenters. The Morgan fingerprint density at radius 1 is 0.609 bits per heavy atom. The minimum atomic E-state index is 1.33. The summed E-state index contributed by atoms with van der Waals surface area (Å²) in [5.74, 6) is 0. The summed E-state index contributed by atoms with van der Waals surface area (Å²) in [6, 6.07) is 0. The topological polar surface area (TPSA) is 0 Å². The van der Waals surface area contributed by atoms with Crippen molar-refractivity contribution in [2.45, 2.75) is 117 Å². The zero-order chi connectivity index (χ0) is 16.8. The molecule has 0 saturated carbocycles. The van der Waals surface area contributed by atoms with E-state index in [0.717, 1.165) is 0 Å². The maximum Gasteiger partial charge on any atom is 0.00800 e. The third-order valence-corrected chi connectivity index (χ3v) is 6.04. The van der Waals surface area contributed by atoms with Crippen LogP contribution in [0.1, 0.15) is 114 Å². The number of hydrogen-bond donors (Lipinski definition) is 0. The van der Waals surface area contributed by atoms with Gasteiger partial charge in [0.1, 0.15) is 0 Å². The molecule has 0 aliphatic rings. The zero-order valence-electron chi connectivity index (χ0n) is 16.1. The molecule has 0 spiro atoms. The van der Waals surface area contributed by atoms with Crippen molar-refractivity contribution in [3.63, 3.8) is 0 Å². The van der Waals surface area contributed by atoms with Crippen LogP contribution in [-0.2, 0) is 19.3 Å². The first kappa shape index (κ1) is 20.7. The third-order valence-electron chi connectivity index (χ3n) is 4.91. The van der Waals surface area contributed by atoms with Gasteiger partial charge in [-0.1, -0.05) is 78.6 Å². The number of hydrogen-bond acceptors (Lipinski definition) is 1. The molecule has 0 N–H and O–H groups in total. The minimum absolute atomic E-state index is 1.33. The zero-order valence-corrected chi connectivity index (χ0v) is 16.9. The number of aryl methyl sites for hydroxylation is 2. The first-order valence-corrected chi connectivity index (χ1v) is 11.3. The molecular weight excluding hydrogens is 296 g/mol. The first-order valence-electron chi connectivity index (χ1n) is 10.4. The average molecular weight is 337 g/mol. The molecule has 134 valence electrons. The molecule has 0 fully saturated rings. The van der Waals surface area contributed by atoms with Gasteiger partial charge in [-0.15, -0.1) is 11.3 Å². The van der Waals surface area contributed by atoms with E-state index >= 15 is 0 Å². The normalized spacial score (nSPS) is 11.3. The van der Waals surface area contributed by atoms with Gasteiger partial charge in [0.15, 0.2) is 0 Å². The van der Waals surface area contributed by atoms with Crippen molar-refractivity contribution in [1.82, 2.24) is 0 Å². The largest absolute Gasteiger partial charge is 0.148 e. The Hall–Kier alpha value is -0.300. The molecule has 0 radical (unpaired) electrons. The van der Waals surface area contributed by atoms with Gasteiger partial charge in [0.2, 0.25) is 0 Å². The van der Waals surface area contributed by atoms with Gasteiger partial charge in [0, 0.05) is 4.88 Å². The van der Waals surface area contributed by atoms with Crippen LogP contribution in [-0.4, -0.2) is 0 Å². The average Bonchev–Trinajstić information content (AvgIpc) is 2.94. The van der Waals surface area contributed by atoms with E-state index in [1.165, 1.54) is 96.3 Å². The lowest BCUT2D eigenvalue weighted by atomic mass is 9.97. The second-order valence-corrected chi connectivity index (χ2v) is 8.06. The first-order chi connectivity index (χ1) is 11.3. The lowest BCUT2D eigenvalue weighted by molar-refractivity contribution is 0.644. The van der Waals surface area contributed by atoms with E-state index in [0.29, 0.717) is 0 Å². The summed E-state index contributed by atoms with van der Waals surface area (Å²) in [5.41, 5.74) is 3.46. The molecule has 1 heterocycles. The van der Waals surface area contributed by atoms with E-state index in [2.05, 4.69) is 37.5 Å². The smallest absolute Gasteiger partial charge is 0.00800 e. The number of thiophene rings is 1. The molecule has 0 aliphatic carbocycles. The second kappa shape index (κ2) is 14.1. The molecule has 1 heteroatoms. The van der Waals surface area contributed by atoms with Crippen LogP contribution in [0.5, 0.6) is 0 Å². The summed E-state index contributed by atoms with van der Waals surface area (Å²) in [6.45, 7) is 6.92. The lowest BCUT2D eigenvalue weighted by Gasteiger charge is -2.08. The number of rotatable bonds is 15. The molecule has 0 aromatic carbocycles. The standard InChI is InChI=1S/C22H40S/c1-4-7-10-13-16-20-19-23-22(18-15-12-9-6-3)21(20)17-14-11-8-5-2/h19H,4-18H2,1-3H3. The fraction of sp³-hybridized carbons (Fsp3) is 0.818. The van der Waals surface area contributed by atoms with Crippen molar-refractivity contribution in [2.24, 2.45) is 0 Å². The van der Waals surface area contributed by atoms with E-state index in [-0.39, 0.29) is 0 Å². The molecule has 0 aliphatic heterocycles. The van der Waals surface area contributed by atoms with Crippen LogP contribution >= 0.6 is 11.3 Å². The minimum Gasteiger partial charge on any atom is -0.148 e. The Morgan fingerprint density at radius 2 is 1.13 bits per heavy atom. The predicted molar refractivity (Wildman–Crippen MR) is 108 cm³/mol. The maximum absolute atomic E-state index is 2.50. The summed E-state index contributed by atoms with van der Waals surface area (Å²) in [4.78, 5) is 1.73. The summed E-state index contributed by atoms with van der Waals surface area (Å²) in [7, 11) is 0. The highest BCUT2D eigenvalue weighted by atomic mass is 32.1. The molecule has 0 unspecified atom stereocenters. The molecule has 0 bridgehead atoms. The number of unbranched alkanes of at least 4 members (excludes halogenated alkanes) is 9.